The summed E-state index contributed by atoms with van der Waals surface area (Å²) in [4.78, 5) is 34.3. The predicted octanol–water partition coefficient (Wildman–Crippen LogP) is 6.31. The van der Waals surface area contributed by atoms with Crippen molar-refractivity contribution in [2.24, 2.45) is 9.98 Å². The third-order valence-corrected chi connectivity index (χ3v) is 5.76. The summed E-state index contributed by atoms with van der Waals surface area (Å²) in [6.07, 6.45) is 33.6. The lowest BCUT2D eigenvalue weighted by atomic mass is 10.2. The molecule has 0 fully saturated rings. The number of nitrogens with zero attached hydrogens (tertiary/aromatic N) is 3. The van der Waals surface area contributed by atoms with Crippen molar-refractivity contribution in [3.63, 3.8) is 0 Å². The highest BCUT2D eigenvalue weighted by molar-refractivity contribution is 6.05. The number of alkyl carbamates (subject to hydrolysis) is 1. The van der Waals surface area contributed by atoms with Gasteiger partial charge >= 0.3 is 6.09 Å². The van der Waals surface area contributed by atoms with E-state index in [-0.39, 0.29) is 18.7 Å². The van der Waals surface area contributed by atoms with E-state index in [2.05, 4.69) is 99.7 Å². The van der Waals surface area contributed by atoms with E-state index in [9.17, 15) is 9.59 Å². The molecule has 0 aliphatic carbocycles. The number of amides is 2. The summed E-state index contributed by atoms with van der Waals surface area (Å²) in [7, 11) is 3.70. The normalized spacial score (nSPS) is 15.7. The second-order valence-corrected chi connectivity index (χ2v) is 9.85. The summed E-state index contributed by atoms with van der Waals surface area (Å²) in [5.41, 5.74) is 0. The third kappa shape index (κ3) is 20.9. The van der Waals surface area contributed by atoms with Gasteiger partial charge < -0.3 is 15.0 Å². The summed E-state index contributed by atoms with van der Waals surface area (Å²) in [5, 5.41) is 8.44. The lowest BCUT2D eigenvalue weighted by Crippen LogP contribution is -2.51. The number of carbonyl (C=O) groups excluding carboxylic acids is 2. The zero-order valence-corrected chi connectivity index (χ0v) is 26.1. The van der Waals surface area contributed by atoms with Gasteiger partial charge in [0.2, 0.25) is 17.8 Å². The molecular weight excluding hydrogens is 528 g/mol. The Bertz CT molecular complexity index is 1010. The van der Waals surface area contributed by atoms with E-state index >= 15 is 0 Å². The first-order valence-corrected chi connectivity index (χ1v) is 15.1. The Morgan fingerprint density at radius 3 is 1.93 bits per heavy atom. The molecular formula is C33H52N6O3. The maximum Gasteiger partial charge on any atom is 0.413 e. The van der Waals surface area contributed by atoms with E-state index < -0.39 is 6.09 Å². The van der Waals surface area contributed by atoms with Gasteiger partial charge in [0.05, 0.1) is 6.61 Å². The number of allylic oxidation sites excluding steroid dienone is 12. The first-order valence-electron chi connectivity index (χ1n) is 15.1. The van der Waals surface area contributed by atoms with Gasteiger partial charge in [-0.25, -0.2) is 14.8 Å². The van der Waals surface area contributed by atoms with Crippen molar-refractivity contribution < 1.29 is 14.3 Å². The maximum absolute atomic E-state index is 12.0. The van der Waals surface area contributed by atoms with E-state index in [0.717, 1.165) is 51.4 Å². The number of rotatable bonds is 19. The maximum atomic E-state index is 12.0. The van der Waals surface area contributed by atoms with Crippen molar-refractivity contribution in [3.8, 4) is 0 Å². The topological polar surface area (TPSA) is 107 Å². The minimum absolute atomic E-state index is 0.0297. The number of guanidine groups is 2. The van der Waals surface area contributed by atoms with Crippen LogP contribution in [0.3, 0.4) is 0 Å². The van der Waals surface area contributed by atoms with Crippen LogP contribution in [0.2, 0.25) is 0 Å². The molecule has 1 rings (SSSR count). The molecule has 9 nitrogen and oxygen atoms in total. The first kappa shape index (κ1) is 36.1. The molecule has 1 heterocycles. The van der Waals surface area contributed by atoms with Crippen LogP contribution < -0.4 is 16.0 Å². The highest BCUT2D eigenvalue weighted by Crippen LogP contribution is 2.00. The lowest BCUT2D eigenvalue weighted by molar-refractivity contribution is -0.121. The van der Waals surface area contributed by atoms with Gasteiger partial charge in [-0.2, -0.15) is 0 Å². The Hall–Kier alpha value is -3.88. The molecule has 0 saturated heterocycles. The van der Waals surface area contributed by atoms with Crippen molar-refractivity contribution in [3.05, 3.63) is 72.9 Å². The van der Waals surface area contributed by atoms with Crippen LogP contribution in [0.25, 0.3) is 0 Å². The quantitative estimate of drug-likeness (QED) is 0.123. The van der Waals surface area contributed by atoms with E-state index in [1.807, 2.05) is 27.1 Å². The second kappa shape index (κ2) is 24.9. The van der Waals surface area contributed by atoms with Gasteiger partial charge in [0.15, 0.2) is 0 Å². The first-order chi connectivity index (χ1) is 20.4. The van der Waals surface area contributed by atoms with Crippen molar-refractivity contribution in [1.29, 1.82) is 0 Å². The molecule has 1 unspecified atom stereocenters. The van der Waals surface area contributed by atoms with Crippen LogP contribution >= 0.6 is 0 Å². The average molecular weight is 581 g/mol. The van der Waals surface area contributed by atoms with E-state index in [0.29, 0.717) is 31.3 Å². The molecule has 42 heavy (non-hydrogen) atoms. The standard InChI is InChI=1S/C33H52N6O3/c1-5-6-7-8-9-10-11-12-13-14-15-16-17-18-19-20-21-22-23-26-30(40)34-27-24-25-28-42-33(41)38-31-35-29(2)36-32(37-31)39(3)4/h6-7,9-10,12-13,15-16,18-19,21-22,29H,5,8,11,14,17,20,23-28H2,1-4H3,(H,34,40)(H2,35,36,37,38,41). The fourth-order valence-corrected chi connectivity index (χ4v) is 3.55. The Labute approximate surface area is 253 Å². The predicted molar refractivity (Wildman–Crippen MR) is 175 cm³/mol. The number of carbonyl (C=O) groups is 2. The monoisotopic (exact) mass is 580 g/mol. The van der Waals surface area contributed by atoms with Gasteiger partial charge in [0, 0.05) is 27.1 Å². The SMILES string of the molecule is CCC=CCC=CCC=CCC=CCC=CCC=CCCC(=O)NCCCCOC(=O)NC1=NC(C)N=C(N(C)C)N1. The van der Waals surface area contributed by atoms with Crippen LogP contribution in [0, 0.1) is 0 Å². The van der Waals surface area contributed by atoms with Gasteiger partial charge in [0.1, 0.15) is 6.17 Å². The van der Waals surface area contributed by atoms with Crippen LogP contribution in [-0.2, 0) is 9.53 Å². The second-order valence-electron chi connectivity index (χ2n) is 9.85. The Morgan fingerprint density at radius 2 is 1.38 bits per heavy atom. The molecule has 0 aromatic rings. The number of ether oxygens (including phenoxy) is 1. The smallest absolute Gasteiger partial charge is 0.413 e. The highest BCUT2D eigenvalue weighted by atomic mass is 16.5. The van der Waals surface area contributed by atoms with Crippen LogP contribution in [-0.4, -0.2) is 62.2 Å². The van der Waals surface area contributed by atoms with Crippen LogP contribution in [0.15, 0.2) is 82.9 Å². The third-order valence-electron chi connectivity index (χ3n) is 5.76. The highest BCUT2D eigenvalue weighted by Gasteiger charge is 2.17. The van der Waals surface area contributed by atoms with E-state index in [4.69, 9.17) is 4.74 Å². The van der Waals surface area contributed by atoms with Crippen molar-refractivity contribution in [1.82, 2.24) is 20.9 Å². The van der Waals surface area contributed by atoms with Crippen molar-refractivity contribution >= 4 is 23.9 Å². The van der Waals surface area contributed by atoms with E-state index in [1.54, 1.807) is 4.90 Å². The number of hydrogen-bond acceptors (Lipinski definition) is 7. The summed E-state index contributed by atoms with van der Waals surface area (Å²) in [6, 6.07) is 0. The van der Waals surface area contributed by atoms with Crippen molar-refractivity contribution in [2.45, 2.75) is 84.2 Å². The molecule has 1 aliphatic heterocycles. The number of nitrogens with one attached hydrogen (secondary N) is 3. The fraction of sp³-hybridized carbons (Fsp3) is 0.515. The molecule has 0 aromatic carbocycles. The molecule has 3 N–H and O–H groups in total. The molecule has 0 aromatic heterocycles. The summed E-state index contributed by atoms with van der Waals surface area (Å²) >= 11 is 0. The molecule has 1 atom stereocenters. The zero-order chi connectivity index (χ0) is 30.7. The van der Waals surface area contributed by atoms with Gasteiger partial charge in [-0.3, -0.25) is 15.4 Å². The summed E-state index contributed by atoms with van der Waals surface area (Å²) in [6.45, 7) is 4.80. The number of hydrogen-bond donors (Lipinski definition) is 3. The zero-order valence-electron chi connectivity index (χ0n) is 26.1. The van der Waals surface area contributed by atoms with Crippen LogP contribution in [0.1, 0.15) is 78.1 Å². The molecule has 0 spiro atoms. The van der Waals surface area contributed by atoms with Gasteiger partial charge in [0.25, 0.3) is 0 Å². The minimum atomic E-state index is -0.575. The van der Waals surface area contributed by atoms with E-state index in [1.165, 1.54) is 0 Å². The molecule has 0 saturated carbocycles. The fourth-order valence-electron chi connectivity index (χ4n) is 3.55. The summed E-state index contributed by atoms with van der Waals surface area (Å²) < 4.78 is 5.19. The minimum Gasteiger partial charge on any atom is -0.449 e. The molecule has 9 heteroatoms. The Balaban J connectivity index is 1.97. The summed E-state index contributed by atoms with van der Waals surface area (Å²) in [5.74, 6) is 0.955. The van der Waals surface area contributed by atoms with Crippen LogP contribution in [0.4, 0.5) is 4.79 Å². The van der Waals surface area contributed by atoms with Crippen LogP contribution in [0.5, 0.6) is 0 Å². The van der Waals surface area contributed by atoms with Gasteiger partial charge in [-0.15, -0.1) is 0 Å². The number of aliphatic imine (C=N–C) groups is 2. The molecule has 232 valence electrons. The average Bonchev–Trinajstić information content (AvgIpc) is 2.95. The molecule has 0 radical (unpaired) electrons. The number of unbranched alkanes of at least 4 members (excludes halogenated alkanes) is 1. The van der Waals surface area contributed by atoms with Gasteiger partial charge in [-0.05, 0) is 64.7 Å². The molecule has 1 aliphatic rings. The van der Waals surface area contributed by atoms with Crippen molar-refractivity contribution in [2.75, 3.05) is 27.2 Å². The largest absolute Gasteiger partial charge is 0.449 e. The molecule has 0 bridgehead atoms. The van der Waals surface area contributed by atoms with Gasteiger partial charge in [-0.1, -0.05) is 79.8 Å². The lowest BCUT2D eigenvalue weighted by Gasteiger charge is -2.23. The Kier molecular flexibility index (Phi) is 21.4. The Morgan fingerprint density at radius 1 is 0.833 bits per heavy atom. The molecule has 2 amide bonds.